The molecule has 1 fully saturated rings. The van der Waals surface area contributed by atoms with Crippen LogP contribution in [0.2, 0.25) is 0 Å². The SMILES string of the molecule is CC1CCC(C)C(N)(CCO)C1. The predicted octanol–water partition coefficient (Wildman–Crippen LogP) is 1.52. The molecular weight excluding hydrogens is 150 g/mol. The normalized spacial score (nSPS) is 43.0. The monoisotopic (exact) mass is 171 g/mol. The summed E-state index contributed by atoms with van der Waals surface area (Å²) in [7, 11) is 0. The van der Waals surface area contributed by atoms with E-state index in [9.17, 15) is 0 Å². The van der Waals surface area contributed by atoms with Crippen molar-refractivity contribution in [2.45, 2.75) is 45.1 Å². The zero-order valence-electron chi connectivity index (χ0n) is 8.21. The lowest BCUT2D eigenvalue weighted by atomic mass is 9.69. The first-order valence-electron chi connectivity index (χ1n) is 4.98. The summed E-state index contributed by atoms with van der Waals surface area (Å²) in [6, 6.07) is 0. The van der Waals surface area contributed by atoms with Gasteiger partial charge in [0.2, 0.25) is 0 Å². The van der Waals surface area contributed by atoms with Gasteiger partial charge in [0.25, 0.3) is 0 Å². The van der Waals surface area contributed by atoms with Gasteiger partial charge in [-0.1, -0.05) is 20.3 Å². The number of aliphatic hydroxyl groups is 1. The van der Waals surface area contributed by atoms with Gasteiger partial charge >= 0.3 is 0 Å². The van der Waals surface area contributed by atoms with Crippen LogP contribution < -0.4 is 5.73 Å². The quantitative estimate of drug-likeness (QED) is 0.661. The summed E-state index contributed by atoms with van der Waals surface area (Å²) < 4.78 is 0. The van der Waals surface area contributed by atoms with Crippen molar-refractivity contribution >= 4 is 0 Å². The maximum Gasteiger partial charge on any atom is 0.0448 e. The van der Waals surface area contributed by atoms with Crippen LogP contribution in [0.3, 0.4) is 0 Å². The molecule has 0 spiro atoms. The first-order chi connectivity index (χ1) is 5.58. The van der Waals surface area contributed by atoms with Crippen LogP contribution in [0.15, 0.2) is 0 Å². The van der Waals surface area contributed by atoms with Crippen molar-refractivity contribution in [2.24, 2.45) is 17.6 Å². The summed E-state index contributed by atoms with van der Waals surface area (Å²) in [5, 5.41) is 8.91. The fourth-order valence-corrected chi connectivity index (χ4v) is 2.33. The van der Waals surface area contributed by atoms with Crippen LogP contribution in [0.5, 0.6) is 0 Å². The molecule has 1 rings (SSSR count). The summed E-state index contributed by atoms with van der Waals surface area (Å²) in [4.78, 5) is 0. The van der Waals surface area contributed by atoms with Gasteiger partial charge in [0.05, 0.1) is 0 Å². The molecule has 12 heavy (non-hydrogen) atoms. The van der Waals surface area contributed by atoms with Crippen molar-refractivity contribution in [3.63, 3.8) is 0 Å². The Kier molecular flexibility index (Phi) is 3.13. The molecule has 0 heterocycles. The Labute approximate surface area is 75.2 Å². The van der Waals surface area contributed by atoms with Crippen LogP contribution >= 0.6 is 0 Å². The van der Waals surface area contributed by atoms with Gasteiger partial charge in [0.1, 0.15) is 0 Å². The van der Waals surface area contributed by atoms with Crippen LogP contribution in [-0.4, -0.2) is 17.3 Å². The standard InChI is InChI=1S/C10H21NO/c1-8-3-4-9(2)10(11,7-8)5-6-12/h8-9,12H,3-7,11H2,1-2H3. The molecule has 3 atom stereocenters. The van der Waals surface area contributed by atoms with E-state index in [1.165, 1.54) is 12.8 Å². The molecule has 2 nitrogen and oxygen atoms in total. The van der Waals surface area contributed by atoms with Crippen LogP contribution in [-0.2, 0) is 0 Å². The van der Waals surface area contributed by atoms with Gasteiger partial charge in [0.15, 0.2) is 0 Å². The van der Waals surface area contributed by atoms with Crippen LogP contribution in [0, 0.1) is 11.8 Å². The van der Waals surface area contributed by atoms with Gasteiger partial charge in [-0.2, -0.15) is 0 Å². The molecule has 0 aromatic rings. The van der Waals surface area contributed by atoms with Gasteiger partial charge in [-0.3, -0.25) is 0 Å². The molecular formula is C10H21NO. The topological polar surface area (TPSA) is 46.2 Å². The van der Waals surface area contributed by atoms with Crippen LogP contribution in [0.4, 0.5) is 0 Å². The first kappa shape index (κ1) is 10.0. The Bertz CT molecular complexity index is 149. The van der Waals surface area contributed by atoms with E-state index in [0.29, 0.717) is 5.92 Å². The molecule has 1 saturated carbocycles. The van der Waals surface area contributed by atoms with E-state index in [2.05, 4.69) is 13.8 Å². The molecule has 1 aliphatic carbocycles. The molecule has 0 aliphatic heterocycles. The van der Waals surface area contributed by atoms with Crippen molar-refractivity contribution in [3.05, 3.63) is 0 Å². The third-order valence-corrected chi connectivity index (χ3v) is 3.38. The summed E-state index contributed by atoms with van der Waals surface area (Å²) in [5.41, 5.74) is 6.15. The van der Waals surface area contributed by atoms with Gasteiger partial charge in [-0.15, -0.1) is 0 Å². The zero-order chi connectivity index (χ0) is 9.19. The van der Waals surface area contributed by atoms with Crippen molar-refractivity contribution in [3.8, 4) is 0 Å². The summed E-state index contributed by atoms with van der Waals surface area (Å²) in [6.45, 7) is 4.69. The maximum absolute atomic E-state index is 8.91. The zero-order valence-corrected chi connectivity index (χ0v) is 8.21. The lowest BCUT2D eigenvalue weighted by Crippen LogP contribution is -2.50. The Morgan fingerprint density at radius 2 is 2.08 bits per heavy atom. The lowest BCUT2D eigenvalue weighted by Gasteiger charge is -2.42. The van der Waals surface area contributed by atoms with Crippen LogP contribution in [0.1, 0.15) is 39.5 Å². The molecule has 0 aromatic heterocycles. The van der Waals surface area contributed by atoms with Gasteiger partial charge in [-0.05, 0) is 31.1 Å². The first-order valence-corrected chi connectivity index (χ1v) is 4.98. The third-order valence-electron chi connectivity index (χ3n) is 3.38. The number of hydrogen-bond donors (Lipinski definition) is 2. The summed E-state index contributed by atoms with van der Waals surface area (Å²) in [5.74, 6) is 1.30. The van der Waals surface area contributed by atoms with E-state index in [0.717, 1.165) is 18.8 Å². The van der Waals surface area contributed by atoms with E-state index < -0.39 is 0 Å². The minimum atomic E-state index is -0.0909. The smallest absolute Gasteiger partial charge is 0.0448 e. The van der Waals surface area contributed by atoms with E-state index in [-0.39, 0.29) is 12.1 Å². The molecule has 0 bridgehead atoms. The average Bonchev–Trinajstić information content (AvgIpc) is 1.98. The van der Waals surface area contributed by atoms with Crippen molar-refractivity contribution < 1.29 is 5.11 Å². The van der Waals surface area contributed by atoms with Crippen molar-refractivity contribution in [2.75, 3.05) is 6.61 Å². The minimum Gasteiger partial charge on any atom is -0.396 e. The third kappa shape index (κ3) is 1.99. The van der Waals surface area contributed by atoms with E-state index in [1.807, 2.05) is 0 Å². The van der Waals surface area contributed by atoms with Crippen molar-refractivity contribution in [1.29, 1.82) is 0 Å². The number of hydrogen-bond acceptors (Lipinski definition) is 2. The second-order valence-corrected chi connectivity index (χ2v) is 4.49. The highest BCUT2D eigenvalue weighted by Crippen LogP contribution is 2.36. The summed E-state index contributed by atoms with van der Waals surface area (Å²) >= 11 is 0. The molecule has 0 saturated heterocycles. The average molecular weight is 171 g/mol. The van der Waals surface area contributed by atoms with Crippen molar-refractivity contribution in [1.82, 2.24) is 0 Å². The Morgan fingerprint density at radius 3 is 2.67 bits per heavy atom. The van der Waals surface area contributed by atoms with E-state index >= 15 is 0 Å². The second-order valence-electron chi connectivity index (χ2n) is 4.49. The highest BCUT2D eigenvalue weighted by Gasteiger charge is 2.36. The van der Waals surface area contributed by atoms with Gasteiger partial charge in [-0.25, -0.2) is 0 Å². The van der Waals surface area contributed by atoms with E-state index in [4.69, 9.17) is 10.8 Å². The number of nitrogens with two attached hydrogens (primary N) is 1. The molecule has 0 radical (unpaired) electrons. The molecule has 2 heteroatoms. The molecule has 0 aromatic carbocycles. The molecule has 1 aliphatic rings. The number of aliphatic hydroxyl groups excluding tert-OH is 1. The lowest BCUT2D eigenvalue weighted by molar-refractivity contribution is 0.123. The van der Waals surface area contributed by atoms with Gasteiger partial charge < -0.3 is 10.8 Å². The predicted molar refractivity (Wildman–Crippen MR) is 50.8 cm³/mol. The highest BCUT2D eigenvalue weighted by atomic mass is 16.3. The second kappa shape index (κ2) is 3.75. The van der Waals surface area contributed by atoms with E-state index in [1.54, 1.807) is 0 Å². The Hall–Kier alpha value is -0.0800. The summed E-state index contributed by atoms with van der Waals surface area (Å²) in [6.07, 6.45) is 4.36. The molecule has 0 amide bonds. The number of rotatable bonds is 2. The maximum atomic E-state index is 8.91. The molecule has 72 valence electrons. The Balaban J connectivity index is 2.57. The largest absolute Gasteiger partial charge is 0.396 e. The van der Waals surface area contributed by atoms with Crippen LogP contribution in [0.25, 0.3) is 0 Å². The molecule has 3 N–H and O–H groups in total. The fraction of sp³-hybridized carbons (Fsp3) is 1.00. The minimum absolute atomic E-state index is 0.0909. The molecule has 3 unspecified atom stereocenters. The highest BCUT2D eigenvalue weighted by molar-refractivity contribution is 4.93. The fourth-order valence-electron chi connectivity index (χ4n) is 2.33. The van der Waals surface area contributed by atoms with Gasteiger partial charge in [0, 0.05) is 12.1 Å². The Morgan fingerprint density at radius 1 is 1.42 bits per heavy atom.